The van der Waals surface area contributed by atoms with Crippen molar-refractivity contribution in [2.45, 2.75) is 19.1 Å². The fraction of sp³-hybridized carbons (Fsp3) is 0.600. The number of hydrogen-bond acceptors (Lipinski definition) is 2. The van der Waals surface area contributed by atoms with E-state index in [1.165, 1.54) is 0 Å². The van der Waals surface area contributed by atoms with Gasteiger partial charge in [0.25, 0.3) is 0 Å². The third-order valence-corrected chi connectivity index (χ3v) is 0.863. The van der Waals surface area contributed by atoms with Crippen molar-refractivity contribution in [2.75, 3.05) is 0 Å². The molecule has 0 fully saturated rings. The van der Waals surface area contributed by atoms with Crippen LogP contribution in [-0.2, 0) is 0 Å². The molecule has 0 atom stereocenters. The zero-order chi connectivity index (χ0) is 6.57. The molecule has 0 spiro atoms. The topological polar surface area (TPSA) is 40.5 Å². The van der Waals surface area contributed by atoms with Crippen molar-refractivity contribution in [1.82, 2.24) is 0 Å². The quantitative estimate of drug-likeness (QED) is 0.565. The second kappa shape index (κ2) is 3.89. The molecular weight excluding hydrogens is 128 g/mol. The van der Waals surface area contributed by atoms with Gasteiger partial charge in [-0.15, -0.1) is 0 Å². The van der Waals surface area contributed by atoms with E-state index in [-0.39, 0.29) is 6.42 Å². The summed E-state index contributed by atoms with van der Waals surface area (Å²) in [6, 6.07) is 0. The van der Waals surface area contributed by atoms with Gasteiger partial charge in [0.1, 0.15) is 0 Å². The van der Waals surface area contributed by atoms with Gasteiger partial charge in [0.15, 0.2) is 6.29 Å². The molecule has 0 aliphatic heterocycles. The molecule has 0 aliphatic carbocycles. The van der Waals surface area contributed by atoms with Crippen LogP contribution >= 0.6 is 11.6 Å². The molecule has 0 radical (unpaired) electrons. The lowest BCUT2D eigenvalue weighted by atomic mass is 10.3. The summed E-state index contributed by atoms with van der Waals surface area (Å²) in [5, 5.41) is 17.0. The van der Waals surface area contributed by atoms with Gasteiger partial charge in [-0.05, 0) is 6.42 Å². The third kappa shape index (κ3) is 5.95. The number of allylic oxidation sites excluding steroid dienone is 1. The van der Waals surface area contributed by atoms with Crippen molar-refractivity contribution in [3.63, 3.8) is 0 Å². The van der Waals surface area contributed by atoms with Crippen molar-refractivity contribution in [3.05, 3.63) is 11.6 Å². The van der Waals surface area contributed by atoms with Crippen LogP contribution in [0.25, 0.3) is 0 Å². The molecule has 0 bridgehead atoms. The van der Waals surface area contributed by atoms with Gasteiger partial charge in [-0.3, -0.25) is 0 Å². The summed E-state index contributed by atoms with van der Waals surface area (Å²) in [6.45, 7) is 3.37. The molecule has 0 aromatic carbocycles. The van der Waals surface area contributed by atoms with E-state index < -0.39 is 6.29 Å². The summed E-state index contributed by atoms with van der Waals surface area (Å²) >= 11 is 5.31. The number of aliphatic hydroxyl groups excluding tert-OH is 1. The van der Waals surface area contributed by atoms with Crippen molar-refractivity contribution < 1.29 is 10.2 Å². The minimum absolute atomic E-state index is 0.266. The van der Waals surface area contributed by atoms with Gasteiger partial charge < -0.3 is 10.2 Å². The molecule has 0 aliphatic rings. The van der Waals surface area contributed by atoms with E-state index in [9.17, 15) is 0 Å². The molecule has 0 aromatic rings. The molecule has 0 saturated carbocycles. The zero-order valence-corrected chi connectivity index (χ0v) is 5.23. The molecule has 48 valence electrons. The lowest BCUT2D eigenvalue weighted by molar-refractivity contribution is -0.0443. The maximum Gasteiger partial charge on any atom is 0.151 e. The Hall–Kier alpha value is -0.0500. The van der Waals surface area contributed by atoms with Crippen LogP contribution in [0.5, 0.6) is 0 Å². The van der Waals surface area contributed by atoms with Crippen LogP contribution in [0.3, 0.4) is 0 Å². The van der Waals surface area contributed by atoms with Crippen LogP contribution < -0.4 is 0 Å². The van der Waals surface area contributed by atoms with Gasteiger partial charge in [-0.25, -0.2) is 0 Å². The maximum atomic E-state index is 8.26. The molecule has 2 N–H and O–H groups in total. The molecule has 0 rings (SSSR count). The minimum Gasteiger partial charge on any atom is -0.368 e. The van der Waals surface area contributed by atoms with Gasteiger partial charge >= 0.3 is 0 Å². The standard InChI is InChI=1S/C5H9ClO2/c1-4(6)2-3-5(7)8/h5,7-8H,1-3H2. The number of rotatable bonds is 3. The number of hydrogen-bond donors (Lipinski definition) is 2. The molecule has 0 heterocycles. The smallest absolute Gasteiger partial charge is 0.151 e. The lowest BCUT2D eigenvalue weighted by Gasteiger charge is -1.98. The van der Waals surface area contributed by atoms with E-state index in [1.807, 2.05) is 0 Å². The van der Waals surface area contributed by atoms with Crippen LogP contribution in [0.2, 0.25) is 0 Å². The molecule has 2 nitrogen and oxygen atoms in total. The van der Waals surface area contributed by atoms with E-state index in [1.54, 1.807) is 0 Å². The van der Waals surface area contributed by atoms with Crippen LogP contribution in [0, 0.1) is 0 Å². The summed E-state index contributed by atoms with van der Waals surface area (Å²) in [6.07, 6.45) is -0.535. The predicted octanol–water partition coefficient (Wildman–Crippen LogP) is 0.830. The molecular formula is C5H9ClO2. The van der Waals surface area contributed by atoms with Crippen molar-refractivity contribution in [3.8, 4) is 0 Å². The average molecular weight is 137 g/mol. The second-order valence-electron chi connectivity index (χ2n) is 1.54. The molecule has 0 amide bonds. The van der Waals surface area contributed by atoms with Crippen molar-refractivity contribution in [2.24, 2.45) is 0 Å². The monoisotopic (exact) mass is 136 g/mol. The highest BCUT2D eigenvalue weighted by Gasteiger charge is 1.95. The highest BCUT2D eigenvalue weighted by molar-refractivity contribution is 6.29. The highest BCUT2D eigenvalue weighted by atomic mass is 35.5. The number of halogens is 1. The first kappa shape index (κ1) is 7.95. The lowest BCUT2D eigenvalue weighted by Crippen LogP contribution is -2.02. The first-order valence-electron chi connectivity index (χ1n) is 2.32. The van der Waals surface area contributed by atoms with Crippen LogP contribution in [0.15, 0.2) is 11.6 Å². The molecule has 8 heavy (non-hydrogen) atoms. The first-order chi connectivity index (χ1) is 3.63. The number of aliphatic hydroxyl groups is 2. The Balaban J connectivity index is 3.05. The summed E-state index contributed by atoms with van der Waals surface area (Å²) in [5.41, 5.74) is 0. The van der Waals surface area contributed by atoms with Gasteiger partial charge in [0.2, 0.25) is 0 Å². The predicted molar refractivity (Wildman–Crippen MR) is 32.5 cm³/mol. The fourth-order valence-corrected chi connectivity index (χ4v) is 0.395. The molecule has 0 aromatic heterocycles. The highest BCUT2D eigenvalue weighted by Crippen LogP contribution is 2.07. The average Bonchev–Trinajstić information content (AvgIpc) is 1.61. The van der Waals surface area contributed by atoms with E-state index in [4.69, 9.17) is 21.8 Å². The Labute approximate surface area is 53.4 Å². The minimum atomic E-state index is -1.26. The largest absolute Gasteiger partial charge is 0.368 e. The molecule has 3 heteroatoms. The fourth-order valence-electron chi connectivity index (χ4n) is 0.286. The van der Waals surface area contributed by atoms with E-state index in [0.29, 0.717) is 11.5 Å². The summed E-state index contributed by atoms with van der Waals surface area (Å²) in [5.74, 6) is 0. The normalized spacial score (nSPS) is 10.0. The van der Waals surface area contributed by atoms with E-state index >= 15 is 0 Å². The maximum absolute atomic E-state index is 8.26. The Morgan fingerprint density at radius 1 is 1.62 bits per heavy atom. The van der Waals surface area contributed by atoms with Gasteiger partial charge in [-0.1, -0.05) is 18.2 Å². The summed E-state index contributed by atoms with van der Waals surface area (Å²) < 4.78 is 0. The van der Waals surface area contributed by atoms with Crippen LogP contribution in [0.1, 0.15) is 12.8 Å². The SMILES string of the molecule is C=C(Cl)CCC(O)O. The van der Waals surface area contributed by atoms with Gasteiger partial charge in [0, 0.05) is 11.5 Å². The summed E-state index contributed by atoms with van der Waals surface area (Å²) in [7, 11) is 0. The van der Waals surface area contributed by atoms with E-state index in [2.05, 4.69) is 6.58 Å². The van der Waals surface area contributed by atoms with Gasteiger partial charge in [-0.2, -0.15) is 0 Å². The van der Waals surface area contributed by atoms with Crippen molar-refractivity contribution >= 4 is 11.6 Å². The first-order valence-corrected chi connectivity index (χ1v) is 2.70. The second-order valence-corrected chi connectivity index (χ2v) is 2.07. The van der Waals surface area contributed by atoms with E-state index in [0.717, 1.165) is 0 Å². The van der Waals surface area contributed by atoms with Gasteiger partial charge in [0.05, 0.1) is 0 Å². The molecule has 0 unspecified atom stereocenters. The molecule has 0 saturated heterocycles. The van der Waals surface area contributed by atoms with Crippen molar-refractivity contribution in [1.29, 1.82) is 0 Å². The summed E-state index contributed by atoms with van der Waals surface area (Å²) in [4.78, 5) is 0. The van der Waals surface area contributed by atoms with Crippen LogP contribution in [0.4, 0.5) is 0 Å². The Morgan fingerprint density at radius 3 is 2.25 bits per heavy atom. The Kier molecular flexibility index (Phi) is 3.87. The third-order valence-electron chi connectivity index (χ3n) is 0.674. The zero-order valence-electron chi connectivity index (χ0n) is 4.47. The van der Waals surface area contributed by atoms with Crippen LogP contribution in [-0.4, -0.2) is 16.5 Å². The Bertz CT molecular complexity index is 80.5. The Morgan fingerprint density at radius 2 is 2.12 bits per heavy atom.